The zero-order valence-corrected chi connectivity index (χ0v) is 22.5. The van der Waals surface area contributed by atoms with E-state index in [0.29, 0.717) is 17.3 Å². The first-order chi connectivity index (χ1) is 19.0. The third-order valence-corrected chi connectivity index (χ3v) is 6.52. The third-order valence-electron chi connectivity index (χ3n) is 5.64. The molecule has 2 aromatic carbocycles. The Hall–Kier alpha value is -4.31. The molecule has 9 nitrogen and oxygen atoms in total. The summed E-state index contributed by atoms with van der Waals surface area (Å²) in [6.07, 6.45) is 0.121. The maximum Gasteiger partial charge on any atom is 0.328 e. The van der Waals surface area contributed by atoms with Crippen molar-refractivity contribution in [2.75, 3.05) is 13.2 Å². The molecule has 10 heteroatoms. The highest BCUT2D eigenvalue weighted by Gasteiger charge is 2.23. The van der Waals surface area contributed by atoms with Gasteiger partial charge in [0, 0.05) is 6.42 Å². The maximum absolute atomic E-state index is 12.7. The number of thiophene rings is 1. The van der Waals surface area contributed by atoms with Crippen LogP contribution in [0.1, 0.15) is 32.3 Å². The highest BCUT2D eigenvalue weighted by molar-refractivity contribution is 7.13. The van der Waals surface area contributed by atoms with Crippen LogP contribution in [0, 0.1) is 0 Å². The van der Waals surface area contributed by atoms with Gasteiger partial charge in [-0.1, -0.05) is 30.3 Å². The van der Waals surface area contributed by atoms with E-state index in [9.17, 15) is 14.4 Å². The summed E-state index contributed by atoms with van der Waals surface area (Å²) in [6.45, 7) is 3.80. The number of esters is 2. The molecule has 0 fully saturated rings. The molecular weight excluding hydrogens is 518 g/mol. The molecule has 0 saturated heterocycles. The molecule has 2 aromatic heterocycles. The van der Waals surface area contributed by atoms with Gasteiger partial charge >= 0.3 is 11.9 Å². The van der Waals surface area contributed by atoms with Crippen LogP contribution >= 0.6 is 11.3 Å². The van der Waals surface area contributed by atoms with E-state index in [-0.39, 0.29) is 38.4 Å². The van der Waals surface area contributed by atoms with Crippen LogP contribution < -0.4 is 10.1 Å². The zero-order valence-electron chi connectivity index (χ0n) is 21.7. The number of carbonyl (C=O) groups excluding carboxylic acids is 3. The number of rotatable bonds is 12. The Kier molecular flexibility index (Phi) is 9.58. The number of fused-ring (bicyclic) bond motifs is 1. The second-order valence-corrected chi connectivity index (χ2v) is 9.43. The Morgan fingerprint density at radius 2 is 1.62 bits per heavy atom. The number of para-hydroxylation sites is 2. The second-order valence-electron chi connectivity index (χ2n) is 8.48. The van der Waals surface area contributed by atoms with Crippen LogP contribution in [0.25, 0.3) is 21.6 Å². The van der Waals surface area contributed by atoms with Crippen molar-refractivity contribution in [2.24, 2.45) is 0 Å². The number of ether oxygens (including phenoxy) is 3. The number of benzene rings is 2. The summed E-state index contributed by atoms with van der Waals surface area (Å²) in [7, 11) is 0. The van der Waals surface area contributed by atoms with Gasteiger partial charge < -0.3 is 19.5 Å². The molecule has 4 rings (SSSR count). The minimum absolute atomic E-state index is 0.00520. The Bertz CT molecular complexity index is 1420. The molecule has 1 N–H and O–H groups in total. The van der Waals surface area contributed by atoms with Gasteiger partial charge in [0.2, 0.25) is 11.8 Å². The van der Waals surface area contributed by atoms with E-state index >= 15 is 0 Å². The lowest BCUT2D eigenvalue weighted by Gasteiger charge is -2.17. The highest BCUT2D eigenvalue weighted by Crippen LogP contribution is 2.34. The molecule has 0 radical (unpaired) electrons. The van der Waals surface area contributed by atoms with Gasteiger partial charge in [-0.05, 0) is 61.5 Å². The summed E-state index contributed by atoms with van der Waals surface area (Å²) in [6, 6.07) is 17.6. The lowest BCUT2D eigenvalue weighted by atomic mass is 10.1. The van der Waals surface area contributed by atoms with E-state index < -0.39 is 18.0 Å². The fraction of sp³-hybridized carbons (Fsp3) is 0.276. The molecule has 202 valence electrons. The molecule has 1 amide bonds. The molecule has 0 bridgehead atoms. The number of hydrogen-bond donors (Lipinski definition) is 1. The fourth-order valence-electron chi connectivity index (χ4n) is 3.83. The first-order valence-corrected chi connectivity index (χ1v) is 13.5. The summed E-state index contributed by atoms with van der Waals surface area (Å²) in [5.74, 6) is -0.459. The number of carbonyl (C=O) groups is 3. The number of hydrogen-bond acceptors (Lipinski definition) is 9. The van der Waals surface area contributed by atoms with Gasteiger partial charge in [0.05, 0.1) is 35.5 Å². The summed E-state index contributed by atoms with van der Waals surface area (Å²) < 4.78 is 16.1. The molecule has 39 heavy (non-hydrogen) atoms. The van der Waals surface area contributed by atoms with E-state index in [1.54, 1.807) is 49.4 Å². The molecule has 0 saturated carbocycles. The predicted octanol–water partition coefficient (Wildman–Crippen LogP) is 5.08. The van der Waals surface area contributed by atoms with Gasteiger partial charge in [-0.3, -0.25) is 9.59 Å². The van der Waals surface area contributed by atoms with Crippen LogP contribution in [0.4, 0.5) is 0 Å². The predicted molar refractivity (Wildman–Crippen MR) is 148 cm³/mol. The number of nitrogens with one attached hydrogen (secondary N) is 1. The molecule has 1 unspecified atom stereocenters. The first-order valence-electron chi connectivity index (χ1n) is 12.7. The SMILES string of the molecule is CCOC(=O)CCC(NC(=O)Cc1ccc(Oc2nc3ccccc3nc2-c2cccs2)cc1)C(=O)OCC. The van der Waals surface area contributed by atoms with Crippen molar-refractivity contribution in [3.05, 3.63) is 71.6 Å². The second kappa shape index (κ2) is 13.5. The van der Waals surface area contributed by atoms with E-state index in [1.165, 1.54) is 0 Å². The third kappa shape index (κ3) is 7.61. The minimum atomic E-state index is -0.938. The number of nitrogens with zero attached hydrogens (tertiary/aromatic N) is 2. The molecule has 4 aromatic rings. The lowest BCUT2D eigenvalue weighted by Crippen LogP contribution is -2.43. The van der Waals surface area contributed by atoms with E-state index in [2.05, 4.69) is 10.3 Å². The van der Waals surface area contributed by atoms with Crippen molar-refractivity contribution in [3.63, 3.8) is 0 Å². The fourth-order valence-corrected chi connectivity index (χ4v) is 4.54. The van der Waals surface area contributed by atoms with Crippen LogP contribution in [0.2, 0.25) is 0 Å². The van der Waals surface area contributed by atoms with Crippen LogP contribution in [-0.2, 0) is 30.3 Å². The molecule has 0 spiro atoms. The average Bonchev–Trinajstić information content (AvgIpc) is 3.47. The van der Waals surface area contributed by atoms with Crippen LogP contribution in [-0.4, -0.2) is 47.1 Å². The van der Waals surface area contributed by atoms with Crippen molar-refractivity contribution in [1.29, 1.82) is 0 Å². The van der Waals surface area contributed by atoms with Crippen LogP contribution in [0.3, 0.4) is 0 Å². The van der Waals surface area contributed by atoms with E-state index in [1.807, 2.05) is 41.8 Å². The Labute approximate surface area is 230 Å². The van der Waals surface area contributed by atoms with Crippen LogP contribution in [0.5, 0.6) is 11.6 Å². The largest absolute Gasteiger partial charge is 0.466 e. The summed E-state index contributed by atoms with van der Waals surface area (Å²) in [4.78, 5) is 47.1. The lowest BCUT2D eigenvalue weighted by molar-refractivity contribution is -0.148. The van der Waals surface area contributed by atoms with Gasteiger partial charge in [-0.2, -0.15) is 0 Å². The van der Waals surface area contributed by atoms with Gasteiger partial charge in [0.1, 0.15) is 17.5 Å². The van der Waals surface area contributed by atoms with Gasteiger partial charge in [-0.15, -0.1) is 11.3 Å². The van der Waals surface area contributed by atoms with Crippen molar-refractivity contribution in [3.8, 4) is 22.2 Å². The minimum Gasteiger partial charge on any atom is -0.466 e. The van der Waals surface area contributed by atoms with Crippen molar-refractivity contribution >= 4 is 40.2 Å². The molecule has 1 atom stereocenters. The van der Waals surface area contributed by atoms with Crippen molar-refractivity contribution in [1.82, 2.24) is 15.3 Å². The molecule has 0 aliphatic rings. The summed E-state index contributed by atoms with van der Waals surface area (Å²) >= 11 is 1.55. The molecule has 0 aliphatic carbocycles. The monoisotopic (exact) mass is 547 g/mol. The van der Waals surface area contributed by atoms with E-state index in [0.717, 1.165) is 21.5 Å². The highest BCUT2D eigenvalue weighted by atomic mass is 32.1. The van der Waals surface area contributed by atoms with Gasteiger partial charge in [0.25, 0.3) is 0 Å². The Morgan fingerprint density at radius 3 is 2.28 bits per heavy atom. The van der Waals surface area contributed by atoms with Gasteiger partial charge in [-0.25, -0.2) is 14.8 Å². The topological polar surface area (TPSA) is 117 Å². The number of amides is 1. The van der Waals surface area contributed by atoms with Crippen molar-refractivity contribution < 1.29 is 28.6 Å². The quantitative estimate of drug-likeness (QED) is 0.244. The average molecular weight is 548 g/mol. The van der Waals surface area contributed by atoms with Crippen molar-refractivity contribution in [2.45, 2.75) is 39.2 Å². The zero-order chi connectivity index (χ0) is 27.6. The molecule has 2 heterocycles. The summed E-state index contributed by atoms with van der Waals surface area (Å²) in [5, 5.41) is 4.64. The smallest absolute Gasteiger partial charge is 0.328 e. The summed E-state index contributed by atoms with van der Waals surface area (Å²) in [5.41, 5.74) is 2.87. The molecular formula is C29H29N3O6S. The Morgan fingerprint density at radius 1 is 0.897 bits per heavy atom. The van der Waals surface area contributed by atoms with Crippen LogP contribution in [0.15, 0.2) is 66.0 Å². The normalized spacial score (nSPS) is 11.5. The number of aromatic nitrogens is 2. The molecule has 0 aliphatic heterocycles. The standard InChI is InChI=1S/C29H29N3O6S/c1-3-36-26(34)16-15-23(29(35)37-4-2)30-25(33)18-19-11-13-20(14-12-19)38-28-27(24-10-7-17-39-24)31-21-8-5-6-9-22(21)32-28/h5-14,17,23H,3-4,15-16,18H2,1-2H3,(H,30,33). The first kappa shape index (κ1) is 27.7. The van der Waals surface area contributed by atoms with Gasteiger partial charge in [0.15, 0.2) is 0 Å². The van der Waals surface area contributed by atoms with E-state index in [4.69, 9.17) is 19.2 Å². The Balaban J connectivity index is 1.43. The maximum atomic E-state index is 12.7.